The maximum absolute atomic E-state index is 7.08. The molecule has 0 saturated heterocycles. The summed E-state index contributed by atoms with van der Waals surface area (Å²) in [6.45, 7) is 0. The molecule has 12 aromatic carbocycles. The lowest BCUT2D eigenvalue weighted by Crippen LogP contribution is -2.55. The molecule has 1 nitrogen and oxygen atoms in total. The van der Waals surface area contributed by atoms with Crippen molar-refractivity contribution in [2.45, 2.75) is 0 Å². The minimum atomic E-state index is 1.01. The van der Waals surface area contributed by atoms with Crippen LogP contribution in [0.2, 0.25) is 0 Å². The van der Waals surface area contributed by atoms with Gasteiger partial charge in [0.2, 0.25) is 0 Å². The van der Waals surface area contributed by atoms with Gasteiger partial charge in [-0.15, -0.1) is 21.9 Å². The van der Waals surface area contributed by atoms with Crippen molar-refractivity contribution in [3.05, 3.63) is 121 Å². The van der Waals surface area contributed by atoms with Crippen LogP contribution in [-0.4, -0.2) is 94.2 Å². The molecule has 13 aromatic rings. The zero-order valence-corrected chi connectivity index (χ0v) is 42.0. The third-order valence-electron chi connectivity index (χ3n) is 17.7. The molecule has 13 rings (SSSR count). The SMILES string of the molecule is Bc1c(B)c(B)c(-c2c(-c3c(B)c(B)c4oc5c(B)c(B)c(B)c(B)c5c4c3B)cc(-c3ccc4ccc5cccc6ccc3c4c56)cc2-c2ccc3ccc4cccc5ccc2c3c45)c(B)c1B. The summed E-state index contributed by atoms with van der Waals surface area (Å²) >= 11 is 0. The van der Waals surface area contributed by atoms with Crippen molar-refractivity contribution in [2.75, 3.05) is 0 Å². The van der Waals surface area contributed by atoms with Crippen molar-refractivity contribution in [1.29, 1.82) is 0 Å². The first-order valence-corrected chi connectivity index (χ1v) is 24.8. The fourth-order valence-corrected chi connectivity index (χ4v) is 13.1. The van der Waals surface area contributed by atoms with Crippen LogP contribution in [0.5, 0.6) is 0 Å². The number of hydrogen-bond donors (Lipinski definition) is 0. The Morgan fingerprint density at radius 3 is 1.17 bits per heavy atom. The second kappa shape index (κ2) is 14.9. The Balaban J connectivity index is 1.27. The number of benzene rings is 12. The molecule has 69 heavy (non-hydrogen) atoms. The van der Waals surface area contributed by atoms with E-state index in [1.165, 1.54) is 185 Å². The molecule has 0 unspecified atom stereocenters. The van der Waals surface area contributed by atoms with Crippen molar-refractivity contribution in [2.24, 2.45) is 0 Å². The van der Waals surface area contributed by atoms with Crippen molar-refractivity contribution >= 4 is 246 Å². The summed E-state index contributed by atoms with van der Waals surface area (Å²) in [6.07, 6.45) is 0. The Hall–Kier alpha value is -6.70. The van der Waals surface area contributed by atoms with E-state index in [9.17, 15) is 0 Å². The molecule has 13 heteroatoms. The van der Waals surface area contributed by atoms with Crippen LogP contribution in [-0.2, 0) is 0 Å². The Morgan fingerprint density at radius 2 is 0.623 bits per heavy atom. The van der Waals surface area contributed by atoms with Crippen LogP contribution in [0.15, 0.2) is 126 Å². The number of furan rings is 1. The maximum Gasteiger partial charge on any atom is 0.143 e. The normalized spacial score (nSPS) is 12.2. The fourth-order valence-electron chi connectivity index (χ4n) is 13.1. The lowest BCUT2D eigenvalue weighted by atomic mass is 9.58. The van der Waals surface area contributed by atoms with Gasteiger partial charge in [0.25, 0.3) is 0 Å². The minimum absolute atomic E-state index is 1.01. The number of rotatable bonds is 4. The fraction of sp³-hybridized carbons (Fsp3) is 0. The molecule has 0 radical (unpaired) electrons. The molecule has 310 valence electrons. The maximum atomic E-state index is 7.08. The molecule has 0 aliphatic rings. The van der Waals surface area contributed by atoms with E-state index in [2.05, 4.69) is 215 Å². The van der Waals surface area contributed by atoms with Crippen LogP contribution in [0.1, 0.15) is 0 Å². The van der Waals surface area contributed by atoms with Gasteiger partial charge in [-0.1, -0.05) is 153 Å². The highest BCUT2D eigenvalue weighted by molar-refractivity contribution is 6.70. The topological polar surface area (TPSA) is 13.1 Å². The van der Waals surface area contributed by atoms with Gasteiger partial charge in [0.15, 0.2) is 0 Å². The molecule has 1 aromatic heterocycles. The van der Waals surface area contributed by atoms with E-state index in [-0.39, 0.29) is 0 Å². The Bertz CT molecular complexity index is 4400. The first-order valence-electron chi connectivity index (χ1n) is 24.8. The second-order valence-electron chi connectivity index (χ2n) is 20.6. The average molecular weight is 863 g/mol. The van der Waals surface area contributed by atoms with Crippen LogP contribution in [0.4, 0.5) is 0 Å². The highest BCUT2D eigenvalue weighted by Crippen LogP contribution is 2.48. The summed E-state index contributed by atoms with van der Waals surface area (Å²) < 4.78 is 7.08. The van der Waals surface area contributed by atoms with Gasteiger partial charge in [-0.25, -0.2) is 0 Å². The Morgan fingerprint density at radius 1 is 0.246 bits per heavy atom. The van der Waals surface area contributed by atoms with E-state index in [1.54, 1.807) is 0 Å². The van der Waals surface area contributed by atoms with Gasteiger partial charge in [-0.05, 0) is 121 Å². The van der Waals surface area contributed by atoms with Gasteiger partial charge in [-0.2, -0.15) is 0 Å². The van der Waals surface area contributed by atoms with E-state index in [0.29, 0.717) is 0 Å². The molecule has 0 aliphatic heterocycles. The van der Waals surface area contributed by atoms with Crippen molar-refractivity contribution in [3.8, 4) is 44.5 Å². The first-order chi connectivity index (χ1) is 33.2. The minimum Gasteiger partial charge on any atom is -0.457 e. The molecule has 0 saturated carbocycles. The van der Waals surface area contributed by atoms with E-state index in [4.69, 9.17) is 4.42 Å². The van der Waals surface area contributed by atoms with E-state index in [0.717, 1.165) is 11.2 Å². The average Bonchev–Trinajstić information content (AvgIpc) is 3.78. The van der Waals surface area contributed by atoms with Crippen LogP contribution < -0.4 is 65.6 Å². The van der Waals surface area contributed by atoms with Crippen molar-refractivity contribution < 1.29 is 4.42 Å². The van der Waals surface area contributed by atoms with Gasteiger partial charge >= 0.3 is 0 Å². The van der Waals surface area contributed by atoms with Crippen molar-refractivity contribution in [1.82, 2.24) is 0 Å². The molecule has 0 fully saturated rings. The molecule has 0 amide bonds. The summed E-state index contributed by atoms with van der Waals surface area (Å²) in [5.41, 5.74) is 27.8. The summed E-state index contributed by atoms with van der Waals surface area (Å²) in [5.74, 6) is 0. The van der Waals surface area contributed by atoms with Crippen LogP contribution in [0.25, 0.3) is 131 Å². The zero-order valence-electron chi connectivity index (χ0n) is 42.0. The summed E-state index contributed by atoms with van der Waals surface area (Å²) in [5, 5.41) is 18.1. The molecule has 0 bridgehead atoms. The Kier molecular flexibility index (Phi) is 9.16. The van der Waals surface area contributed by atoms with Gasteiger partial charge in [-0.3, -0.25) is 0 Å². The smallest absolute Gasteiger partial charge is 0.143 e. The summed E-state index contributed by atoms with van der Waals surface area (Å²) in [4.78, 5) is 0. The highest BCUT2D eigenvalue weighted by atomic mass is 16.3. The lowest BCUT2D eigenvalue weighted by molar-refractivity contribution is 0.675. The van der Waals surface area contributed by atoms with Gasteiger partial charge < -0.3 is 4.42 Å². The standard InChI is InChI=1S/C56H44B12O/c57-43-39(44(58)53(67)55-41(43)42-47(61)50(64)52(66)54(68)56(42)69-55)33-20-27(28-15-11-25-9-7-21-3-1-5-23-13-17-30(28)36(25)34(21)23)19-32(38(33)40-45(59)48(62)51(65)49(63)46(40)60)29-16-12-26-10-8-22-4-2-6-24-14-18-31(29)37(26)35(22)24/h1-20H,57-68H2. The molecular weight excluding hydrogens is 818 g/mol. The van der Waals surface area contributed by atoms with Gasteiger partial charge in [0.05, 0.1) is 0 Å². The zero-order chi connectivity index (χ0) is 47.6. The second-order valence-corrected chi connectivity index (χ2v) is 20.6. The predicted octanol–water partition coefficient (Wildman–Crippen LogP) is -4.85. The molecule has 0 aliphatic carbocycles. The van der Waals surface area contributed by atoms with E-state index >= 15 is 0 Å². The first kappa shape index (κ1) is 42.4. The Labute approximate surface area is 414 Å². The summed E-state index contributed by atoms with van der Waals surface area (Å²) in [7, 11) is 27.8. The van der Waals surface area contributed by atoms with E-state index < -0.39 is 0 Å². The summed E-state index contributed by atoms with van der Waals surface area (Å²) in [6, 6.07) is 46.8. The van der Waals surface area contributed by atoms with Gasteiger partial charge in [0.1, 0.15) is 105 Å². The highest BCUT2D eigenvalue weighted by Gasteiger charge is 2.29. The molecule has 0 atom stereocenters. The number of fused-ring (bicyclic) bond motifs is 3. The van der Waals surface area contributed by atoms with E-state index in [1.807, 2.05) is 0 Å². The quantitative estimate of drug-likeness (QED) is 0.128. The number of hydrogen-bond acceptors (Lipinski definition) is 1. The van der Waals surface area contributed by atoms with Crippen LogP contribution in [0.3, 0.4) is 0 Å². The largest absolute Gasteiger partial charge is 0.457 e. The monoisotopic (exact) mass is 864 g/mol. The third-order valence-corrected chi connectivity index (χ3v) is 17.7. The lowest BCUT2D eigenvalue weighted by Gasteiger charge is -2.28. The van der Waals surface area contributed by atoms with Gasteiger partial charge in [0, 0.05) is 10.8 Å². The van der Waals surface area contributed by atoms with Crippen LogP contribution >= 0.6 is 0 Å². The van der Waals surface area contributed by atoms with Crippen molar-refractivity contribution in [3.63, 3.8) is 0 Å². The van der Waals surface area contributed by atoms with Crippen LogP contribution in [0, 0.1) is 0 Å². The third kappa shape index (κ3) is 5.65. The molecular formula is C56H44B12O. The molecule has 0 N–H and O–H groups in total. The molecule has 0 spiro atoms. The predicted molar refractivity (Wildman–Crippen MR) is 341 cm³/mol. The molecule has 1 heterocycles.